The number of nitrogens with one attached hydrogen (secondary N) is 1. The smallest absolute Gasteiger partial charge is 0.243 e. The Labute approximate surface area is 179 Å². The standard InChI is InChI=1S/C22H20N8O/c23-10-15-3-4-19-26-11-17(30(19)12-15)20-25-8-5-18(28-20)27-16-2-1-9-29(13-16)21(31)22(14-24)6-7-22/h3-5,8,11-12,16H,1-2,6-7,9,13H2,(H,25,27,28)/t16-/m1/s1. The minimum atomic E-state index is -0.782. The highest BCUT2D eigenvalue weighted by atomic mass is 16.2. The van der Waals surface area contributed by atoms with Crippen LogP contribution in [0.2, 0.25) is 0 Å². The van der Waals surface area contributed by atoms with Crippen molar-refractivity contribution in [3.63, 3.8) is 0 Å². The molecule has 0 bridgehead atoms. The number of nitriles is 2. The molecule has 1 amide bonds. The van der Waals surface area contributed by atoms with Crippen molar-refractivity contribution < 1.29 is 4.79 Å². The van der Waals surface area contributed by atoms with Crippen LogP contribution in [0.5, 0.6) is 0 Å². The lowest BCUT2D eigenvalue weighted by molar-refractivity contribution is -0.136. The van der Waals surface area contributed by atoms with Crippen LogP contribution in [-0.4, -0.2) is 49.3 Å². The van der Waals surface area contributed by atoms with Crippen molar-refractivity contribution in [1.82, 2.24) is 24.3 Å². The lowest BCUT2D eigenvalue weighted by atomic mass is 10.0. The molecule has 1 aliphatic carbocycles. The van der Waals surface area contributed by atoms with Gasteiger partial charge in [0.15, 0.2) is 5.82 Å². The van der Waals surface area contributed by atoms with Crippen LogP contribution in [0.3, 0.4) is 0 Å². The van der Waals surface area contributed by atoms with Crippen molar-refractivity contribution in [2.45, 2.75) is 31.7 Å². The average molecular weight is 412 g/mol. The number of carbonyl (C=O) groups is 1. The van der Waals surface area contributed by atoms with Gasteiger partial charge in [0.1, 0.15) is 28.6 Å². The van der Waals surface area contributed by atoms with E-state index in [0.29, 0.717) is 54.5 Å². The molecule has 5 rings (SSSR count). The molecule has 9 heteroatoms. The number of imidazole rings is 1. The Morgan fingerprint density at radius 3 is 2.87 bits per heavy atom. The molecule has 9 nitrogen and oxygen atoms in total. The van der Waals surface area contributed by atoms with Gasteiger partial charge in [0.25, 0.3) is 0 Å². The molecular weight excluding hydrogens is 392 g/mol. The SMILES string of the molecule is N#Cc1ccc2ncc(-c3nccc(N[C@@H]4CCCN(C(=O)C5(C#N)CC5)C4)n3)n2c1. The second kappa shape index (κ2) is 7.37. The van der Waals surface area contributed by atoms with Crippen molar-refractivity contribution in [2.75, 3.05) is 18.4 Å². The highest BCUT2D eigenvalue weighted by Gasteiger charge is 2.52. The summed E-state index contributed by atoms with van der Waals surface area (Å²) < 4.78 is 1.80. The van der Waals surface area contributed by atoms with Crippen LogP contribution in [0, 0.1) is 28.1 Å². The van der Waals surface area contributed by atoms with E-state index in [-0.39, 0.29) is 11.9 Å². The monoisotopic (exact) mass is 412 g/mol. The van der Waals surface area contributed by atoms with Gasteiger partial charge in [0.05, 0.1) is 17.8 Å². The molecule has 0 unspecified atom stereocenters. The Morgan fingerprint density at radius 1 is 1.23 bits per heavy atom. The molecule has 1 N–H and O–H groups in total. The zero-order valence-corrected chi connectivity index (χ0v) is 16.8. The molecule has 1 saturated heterocycles. The summed E-state index contributed by atoms with van der Waals surface area (Å²) in [6, 6.07) is 9.69. The van der Waals surface area contributed by atoms with Crippen molar-refractivity contribution in [3.8, 4) is 23.7 Å². The van der Waals surface area contributed by atoms with Crippen molar-refractivity contribution >= 4 is 17.4 Å². The van der Waals surface area contributed by atoms with Crippen LogP contribution < -0.4 is 5.32 Å². The van der Waals surface area contributed by atoms with Gasteiger partial charge in [-0.2, -0.15) is 10.5 Å². The molecule has 1 atom stereocenters. The van der Waals surface area contributed by atoms with Gasteiger partial charge in [-0.3, -0.25) is 9.20 Å². The molecule has 0 aromatic carbocycles. The van der Waals surface area contributed by atoms with E-state index in [1.807, 2.05) is 4.90 Å². The van der Waals surface area contributed by atoms with Gasteiger partial charge >= 0.3 is 0 Å². The molecule has 4 heterocycles. The third kappa shape index (κ3) is 3.44. The summed E-state index contributed by atoms with van der Waals surface area (Å²) in [7, 11) is 0. The van der Waals surface area contributed by atoms with Crippen LogP contribution >= 0.6 is 0 Å². The lowest BCUT2D eigenvalue weighted by Crippen LogP contribution is -2.47. The molecule has 1 saturated carbocycles. The van der Waals surface area contributed by atoms with Crippen LogP contribution in [0.15, 0.2) is 36.8 Å². The van der Waals surface area contributed by atoms with E-state index in [0.717, 1.165) is 12.8 Å². The highest BCUT2D eigenvalue weighted by molar-refractivity contribution is 5.88. The molecule has 3 aromatic heterocycles. The first-order chi connectivity index (χ1) is 15.1. The summed E-state index contributed by atoms with van der Waals surface area (Å²) in [4.78, 5) is 27.9. The van der Waals surface area contributed by atoms with Crippen LogP contribution in [0.1, 0.15) is 31.2 Å². The van der Waals surface area contributed by atoms with Crippen molar-refractivity contribution in [2.24, 2.45) is 5.41 Å². The van der Waals surface area contributed by atoms with Gasteiger partial charge in [-0.15, -0.1) is 0 Å². The van der Waals surface area contributed by atoms with Gasteiger partial charge in [-0.05, 0) is 43.9 Å². The molecule has 1 aliphatic heterocycles. The van der Waals surface area contributed by atoms with E-state index in [4.69, 9.17) is 0 Å². The minimum absolute atomic E-state index is 0.0381. The quantitative estimate of drug-likeness (QED) is 0.698. The molecule has 3 aromatic rings. The fourth-order valence-corrected chi connectivity index (χ4v) is 4.06. The number of amides is 1. The number of nitrogens with zero attached hydrogens (tertiary/aromatic N) is 7. The number of pyridine rings is 1. The molecule has 0 spiro atoms. The number of likely N-dealkylation sites (tertiary alicyclic amines) is 1. The number of carbonyl (C=O) groups excluding carboxylic acids is 1. The first-order valence-electron chi connectivity index (χ1n) is 10.3. The number of aromatic nitrogens is 4. The number of hydrogen-bond donors (Lipinski definition) is 1. The zero-order chi connectivity index (χ0) is 21.4. The summed E-state index contributed by atoms with van der Waals surface area (Å²) in [6.07, 6.45) is 8.22. The minimum Gasteiger partial charge on any atom is -0.365 e. The zero-order valence-electron chi connectivity index (χ0n) is 16.8. The molecule has 31 heavy (non-hydrogen) atoms. The summed E-state index contributed by atoms with van der Waals surface area (Å²) >= 11 is 0. The lowest BCUT2D eigenvalue weighted by Gasteiger charge is -2.34. The highest BCUT2D eigenvalue weighted by Crippen LogP contribution is 2.46. The Morgan fingerprint density at radius 2 is 2.10 bits per heavy atom. The van der Waals surface area contributed by atoms with Crippen LogP contribution in [0.25, 0.3) is 17.2 Å². The topological polar surface area (TPSA) is 123 Å². The summed E-state index contributed by atoms with van der Waals surface area (Å²) in [5.74, 6) is 1.12. The second-order valence-corrected chi connectivity index (χ2v) is 8.10. The molecular formula is C22H20N8O. The Kier molecular flexibility index (Phi) is 4.52. The van der Waals surface area contributed by atoms with Crippen LogP contribution in [0.4, 0.5) is 5.82 Å². The maximum atomic E-state index is 12.7. The van der Waals surface area contributed by atoms with Crippen molar-refractivity contribution in [3.05, 3.63) is 42.4 Å². The average Bonchev–Trinajstić information content (AvgIpc) is 3.50. The maximum absolute atomic E-state index is 12.7. The number of piperidine rings is 1. The van der Waals surface area contributed by atoms with Crippen molar-refractivity contribution in [1.29, 1.82) is 10.5 Å². The Hall–Kier alpha value is -3.98. The Balaban J connectivity index is 1.35. The van der Waals surface area contributed by atoms with E-state index in [9.17, 15) is 15.3 Å². The van der Waals surface area contributed by atoms with Gasteiger partial charge in [-0.25, -0.2) is 15.0 Å². The van der Waals surface area contributed by atoms with Gasteiger partial charge in [0, 0.05) is 31.5 Å². The third-order valence-corrected chi connectivity index (χ3v) is 5.95. The molecule has 0 radical (unpaired) electrons. The number of fused-ring (bicyclic) bond motifs is 1. The summed E-state index contributed by atoms with van der Waals surface area (Å²) in [5, 5.41) is 21.9. The summed E-state index contributed by atoms with van der Waals surface area (Å²) in [5.41, 5.74) is 1.15. The Bertz CT molecular complexity index is 1250. The number of anilines is 1. The number of hydrogen-bond acceptors (Lipinski definition) is 7. The molecule has 2 aliphatic rings. The van der Waals surface area contributed by atoms with Crippen LogP contribution in [-0.2, 0) is 4.79 Å². The van der Waals surface area contributed by atoms with E-state index in [1.54, 1.807) is 41.2 Å². The predicted molar refractivity (Wildman–Crippen MR) is 111 cm³/mol. The van der Waals surface area contributed by atoms with E-state index in [2.05, 4.69) is 32.4 Å². The third-order valence-electron chi connectivity index (χ3n) is 5.95. The first-order valence-corrected chi connectivity index (χ1v) is 10.3. The molecule has 2 fully saturated rings. The van der Waals surface area contributed by atoms with Gasteiger partial charge in [-0.1, -0.05) is 0 Å². The number of rotatable bonds is 4. The predicted octanol–water partition coefficient (Wildman–Crippen LogP) is 2.37. The van der Waals surface area contributed by atoms with E-state index < -0.39 is 5.41 Å². The molecule has 154 valence electrons. The fourth-order valence-electron chi connectivity index (χ4n) is 4.06. The normalized spacial score (nSPS) is 19.4. The fraction of sp³-hybridized carbons (Fsp3) is 0.364. The van der Waals surface area contributed by atoms with Gasteiger partial charge < -0.3 is 10.2 Å². The van der Waals surface area contributed by atoms with Gasteiger partial charge in [0.2, 0.25) is 5.91 Å². The van der Waals surface area contributed by atoms with E-state index in [1.165, 1.54) is 0 Å². The maximum Gasteiger partial charge on any atom is 0.243 e. The largest absolute Gasteiger partial charge is 0.365 e. The second-order valence-electron chi connectivity index (χ2n) is 8.10. The van der Waals surface area contributed by atoms with E-state index >= 15 is 0 Å². The summed E-state index contributed by atoms with van der Waals surface area (Å²) in [6.45, 7) is 1.25. The first kappa shape index (κ1) is 19.0.